The first-order valence-corrected chi connectivity index (χ1v) is 7.94. The molecule has 0 fully saturated rings. The van der Waals surface area contributed by atoms with E-state index in [0.29, 0.717) is 10.6 Å². The van der Waals surface area contributed by atoms with Gasteiger partial charge in [0.25, 0.3) is 5.91 Å². The summed E-state index contributed by atoms with van der Waals surface area (Å²) in [6.45, 7) is 1.92. The molecule has 0 radical (unpaired) electrons. The molecule has 0 unspecified atom stereocenters. The zero-order chi connectivity index (χ0) is 15.2. The van der Waals surface area contributed by atoms with Gasteiger partial charge in [-0.1, -0.05) is 29.8 Å². The van der Waals surface area contributed by atoms with E-state index in [0.717, 1.165) is 11.1 Å². The lowest BCUT2D eigenvalue weighted by molar-refractivity contribution is 0.0955. The molecule has 0 bridgehead atoms. The fraction of sp³-hybridized carbons (Fsp3) is 0.125. The molecule has 0 aliphatic carbocycles. The van der Waals surface area contributed by atoms with E-state index in [9.17, 15) is 4.79 Å². The number of hydrogen-bond donors (Lipinski definition) is 1. The van der Waals surface area contributed by atoms with Crippen LogP contribution >= 0.6 is 23.4 Å². The van der Waals surface area contributed by atoms with Gasteiger partial charge in [0.2, 0.25) is 0 Å². The molecule has 108 valence electrons. The first-order valence-electron chi connectivity index (χ1n) is 6.34. The number of halogens is 1. The average Bonchev–Trinajstić information content (AvgIpc) is 2.47. The van der Waals surface area contributed by atoms with Crippen molar-refractivity contribution in [3.05, 3.63) is 64.2 Å². The van der Waals surface area contributed by atoms with Crippen molar-refractivity contribution in [1.29, 1.82) is 0 Å². The number of hydrogen-bond acceptors (Lipinski definition) is 3. The van der Waals surface area contributed by atoms with Crippen LogP contribution in [0, 0.1) is 6.92 Å². The topological polar surface area (TPSA) is 41.5 Å². The number of nitrogens with one attached hydrogen (secondary N) is 1. The predicted octanol–water partition coefficient (Wildman–Crippen LogP) is 4.13. The molecule has 0 aromatic heterocycles. The molecule has 2 aromatic carbocycles. The Labute approximate surface area is 133 Å². The Balaban J connectivity index is 2.01. The number of hydrazone groups is 1. The Morgan fingerprint density at radius 3 is 2.57 bits per heavy atom. The second-order valence-electron chi connectivity index (χ2n) is 4.46. The molecule has 1 amide bonds. The van der Waals surface area contributed by atoms with Crippen molar-refractivity contribution in [2.45, 2.75) is 11.8 Å². The number of amides is 1. The summed E-state index contributed by atoms with van der Waals surface area (Å²) in [6.07, 6.45) is 3.62. The minimum Gasteiger partial charge on any atom is -0.267 e. The summed E-state index contributed by atoms with van der Waals surface area (Å²) in [5.41, 5.74) is 4.82. The summed E-state index contributed by atoms with van der Waals surface area (Å²) in [5.74, 6) is -0.322. The van der Waals surface area contributed by atoms with Gasteiger partial charge < -0.3 is 0 Å². The number of benzene rings is 2. The number of nitrogens with zero attached hydrogens (tertiary/aromatic N) is 1. The van der Waals surface area contributed by atoms with Gasteiger partial charge in [0, 0.05) is 4.90 Å². The minimum atomic E-state index is -0.322. The summed E-state index contributed by atoms with van der Waals surface area (Å²) in [4.78, 5) is 13.1. The lowest BCUT2D eigenvalue weighted by Gasteiger charge is -2.03. The van der Waals surface area contributed by atoms with E-state index in [1.54, 1.807) is 30.1 Å². The van der Waals surface area contributed by atoms with Gasteiger partial charge in [-0.15, -0.1) is 11.8 Å². The smallest absolute Gasteiger partial charge is 0.267 e. The molecule has 0 spiro atoms. The van der Waals surface area contributed by atoms with Gasteiger partial charge in [0.1, 0.15) is 0 Å². The van der Waals surface area contributed by atoms with Crippen LogP contribution in [0.3, 0.4) is 0 Å². The van der Waals surface area contributed by atoms with Gasteiger partial charge in [-0.3, -0.25) is 4.79 Å². The largest absolute Gasteiger partial charge is 0.272 e. The van der Waals surface area contributed by atoms with Crippen LogP contribution in [0.4, 0.5) is 0 Å². The van der Waals surface area contributed by atoms with Gasteiger partial charge >= 0.3 is 0 Å². The summed E-state index contributed by atoms with van der Waals surface area (Å²) in [7, 11) is 0. The highest BCUT2D eigenvalue weighted by molar-refractivity contribution is 7.98. The van der Waals surface area contributed by atoms with Crippen LogP contribution in [-0.2, 0) is 0 Å². The number of rotatable bonds is 4. The van der Waals surface area contributed by atoms with Crippen LogP contribution in [-0.4, -0.2) is 18.4 Å². The zero-order valence-corrected chi connectivity index (χ0v) is 13.3. The maximum atomic E-state index is 12.0. The fourth-order valence-corrected chi connectivity index (χ4v) is 2.45. The van der Waals surface area contributed by atoms with Crippen molar-refractivity contribution in [3.63, 3.8) is 0 Å². The summed E-state index contributed by atoms with van der Waals surface area (Å²) in [5, 5.41) is 4.37. The fourth-order valence-electron chi connectivity index (χ4n) is 1.72. The molecule has 5 heteroatoms. The molecule has 2 aromatic rings. The van der Waals surface area contributed by atoms with Gasteiger partial charge in [-0.2, -0.15) is 5.10 Å². The molecule has 1 N–H and O–H groups in total. The third-order valence-electron chi connectivity index (χ3n) is 2.86. The second kappa shape index (κ2) is 7.29. The van der Waals surface area contributed by atoms with E-state index in [4.69, 9.17) is 11.6 Å². The summed E-state index contributed by atoms with van der Waals surface area (Å²) < 4.78 is 0. The van der Waals surface area contributed by atoms with Crippen LogP contribution in [0.5, 0.6) is 0 Å². The quantitative estimate of drug-likeness (QED) is 0.523. The maximum Gasteiger partial charge on any atom is 0.272 e. The van der Waals surface area contributed by atoms with Gasteiger partial charge in [-0.25, -0.2) is 5.43 Å². The molecule has 21 heavy (non-hydrogen) atoms. The number of carbonyl (C=O) groups excluding carboxylic acids is 1. The van der Waals surface area contributed by atoms with E-state index in [1.807, 2.05) is 43.5 Å². The first-order chi connectivity index (χ1) is 10.1. The van der Waals surface area contributed by atoms with Crippen molar-refractivity contribution in [2.24, 2.45) is 5.10 Å². The van der Waals surface area contributed by atoms with Crippen molar-refractivity contribution < 1.29 is 4.79 Å². The highest BCUT2D eigenvalue weighted by Gasteiger charge is 2.08. The minimum absolute atomic E-state index is 0.322. The molecule has 0 saturated carbocycles. The lowest BCUT2D eigenvalue weighted by Crippen LogP contribution is -2.18. The zero-order valence-electron chi connectivity index (χ0n) is 11.8. The van der Waals surface area contributed by atoms with Crippen molar-refractivity contribution in [1.82, 2.24) is 5.43 Å². The van der Waals surface area contributed by atoms with Crippen LogP contribution < -0.4 is 5.43 Å². The Kier molecular flexibility index (Phi) is 5.42. The van der Waals surface area contributed by atoms with E-state index >= 15 is 0 Å². The van der Waals surface area contributed by atoms with Crippen molar-refractivity contribution in [3.8, 4) is 0 Å². The number of thioether (sulfide) groups is 1. The lowest BCUT2D eigenvalue weighted by atomic mass is 10.1. The normalized spacial score (nSPS) is 10.8. The molecule has 0 atom stereocenters. The maximum absolute atomic E-state index is 12.0. The van der Waals surface area contributed by atoms with Crippen LogP contribution in [0.15, 0.2) is 52.5 Å². The second-order valence-corrected chi connectivity index (χ2v) is 5.74. The van der Waals surface area contributed by atoms with Crippen molar-refractivity contribution >= 4 is 35.5 Å². The predicted molar refractivity (Wildman–Crippen MR) is 89.5 cm³/mol. The highest BCUT2D eigenvalue weighted by Crippen LogP contribution is 2.17. The van der Waals surface area contributed by atoms with E-state index < -0.39 is 0 Å². The van der Waals surface area contributed by atoms with Gasteiger partial charge in [0.05, 0.1) is 16.8 Å². The summed E-state index contributed by atoms with van der Waals surface area (Å²) >= 11 is 7.72. The Morgan fingerprint density at radius 2 is 1.95 bits per heavy atom. The number of aryl methyl sites for hydroxylation is 1. The van der Waals surface area contributed by atoms with E-state index in [1.165, 1.54) is 4.90 Å². The van der Waals surface area contributed by atoms with Gasteiger partial charge in [-0.05, 0) is 48.6 Å². The summed E-state index contributed by atoms with van der Waals surface area (Å²) in [6, 6.07) is 13.2. The molecule has 0 heterocycles. The standard InChI is InChI=1S/C16H15ClN2OS/c1-11-3-8-14(15(17)9-11)16(20)19-18-10-12-4-6-13(21-2)7-5-12/h3-10H,1-2H3,(H,19,20)/b18-10-. The molecule has 2 rings (SSSR count). The Bertz CT molecular complexity index is 668. The van der Waals surface area contributed by atoms with Crippen LogP contribution in [0.25, 0.3) is 0 Å². The van der Waals surface area contributed by atoms with E-state index in [-0.39, 0.29) is 5.91 Å². The molecular formula is C16H15ClN2OS. The third kappa shape index (κ3) is 4.34. The molecule has 0 saturated heterocycles. The van der Waals surface area contributed by atoms with Gasteiger partial charge in [0.15, 0.2) is 0 Å². The Hall–Kier alpha value is -1.78. The molecule has 0 aliphatic rings. The SMILES string of the molecule is CSc1ccc(/C=N\NC(=O)c2ccc(C)cc2Cl)cc1. The first kappa shape index (κ1) is 15.6. The van der Waals surface area contributed by atoms with E-state index in [2.05, 4.69) is 10.5 Å². The monoisotopic (exact) mass is 318 g/mol. The molecule has 0 aliphatic heterocycles. The molecular weight excluding hydrogens is 304 g/mol. The molecule has 3 nitrogen and oxygen atoms in total. The van der Waals surface area contributed by atoms with Crippen LogP contribution in [0.2, 0.25) is 5.02 Å². The van der Waals surface area contributed by atoms with Crippen LogP contribution in [0.1, 0.15) is 21.5 Å². The third-order valence-corrected chi connectivity index (χ3v) is 3.92. The number of carbonyl (C=O) groups is 1. The average molecular weight is 319 g/mol. The van der Waals surface area contributed by atoms with Crippen molar-refractivity contribution in [2.75, 3.05) is 6.26 Å². The Morgan fingerprint density at radius 1 is 1.24 bits per heavy atom. The highest BCUT2D eigenvalue weighted by atomic mass is 35.5.